The SMILES string of the molecule is CC(=O)O[C@H](C(=O)N1CCCCc2cc(C(O)(C(F)(F)F)C(F)(F)F)ccc21)c1ccccc1. The molecule has 1 heterocycles. The van der Waals surface area contributed by atoms with E-state index in [0.29, 0.717) is 30.5 Å². The Labute approximate surface area is 190 Å². The first-order chi connectivity index (χ1) is 15.8. The lowest BCUT2D eigenvalue weighted by Crippen LogP contribution is -2.54. The number of hydrogen-bond donors (Lipinski definition) is 1. The molecule has 2 aromatic carbocycles. The molecule has 1 aliphatic rings. The van der Waals surface area contributed by atoms with Crippen molar-refractivity contribution in [3.05, 3.63) is 65.2 Å². The first kappa shape index (κ1) is 25.5. The summed E-state index contributed by atoms with van der Waals surface area (Å²) in [5, 5.41) is 9.75. The van der Waals surface area contributed by atoms with Gasteiger partial charge >= 0.3 is 18.3 Å². The molecule has 1 atom stereocenters. The smallest absolute Gasteiger partial charge is 0.430 e. The third kappa shape index (κ3) is 4.75. The van der Waals surface area contributed by atoms with Gasteiger partial charge in [0, 0.05) is 30.3 Å². The Morgan fingerprint density at radius 1 is 0.971 bits per heavy atom. The highest BCUT2D eigenvalue weighted by atomic mass is 19.4. The Balaban J connectivity index is 2.08. The molecule has 1 N–H and O–H groups in total. The molecule has 0 unspecified atom stereocenters. The maximum Gasteiger partial charge on any atom is 0.430 e. The van der Waals surface area contributed by atoms with E-state index in [2.05, 4.69) is 0 Å². The van der Waals surface area contributed by atoms with Crippen LogP contribution in [0.25, 0.3) is 0 Å². The first-order valence-corrected chi connectivity index (χ1v) is 10.3. The zero-order valence-corrected chi connectivity index (χ0v) is 17.9. The van der Waals surface area contributed by atoms with E-state index < -0.39 is 41.5 Å². The number of hydrogen-bond acceptors (Lipinski definition) is 4. The van der Waals surface area contributed by atoms with Gasteiger partial charge in [-0.2, -0.15) is 26.3 Å². The lowest BCUT2D eigenvalue weighted by atomic mass is 9.89. The summed E-state index contributed by atoms with van der Waals surface area (Å²) >= 11 is 0. The molecule has 3 rings (SSSR count). The number of esters is 1. The number of benzene rings is 2. The number of amides is 1. The highest BCUT2D eigenvalue weighted by molar-refractivity contribution is 5.99. The minimum atomic E-state index is -6.02. The lowest BCUT2D eigenvalue weighted by molar-refractivity contribution is -0.376. The van der Waals surface area contributed by atoms with Crippen LogP contribution >= 0.6 is 0 Å². The van der Waals surface area contributed by atoms with Crippen LogP contribution in [0.2, 0.25) is 0 Å². The highest BCUT2D eigenvalue weighted by Crippen LogP contribution is 2.50. The Morgan fingerprint density at radius 2 is 1.59 bits per heavy atom. The van der Waals surface area contributed by atoms with Crippen LogP contribution in [0.4, 0.5) is 32.0 Å². The number of rotatable bonds is 4. The molecular formula is C23H21F6NO4. The number of anilines is 1. The van der Waals surface area contributed by atoms with Crippen molar-refractivity contribution in [3.63, 3.8) is 0 Å². The number of carbonyl (C=O) groups is 2. The predicted molar refractivity (Wildman–Crippen MR) is 109 cm³/mol. The van der Waals surface area contributed by atoms with Crippen LogP contribution in [0.15, 0.2) is 48.5 Å². The second-order valence-electron chi connectivity index (χ2n) is 7.90. The second kappa shape index (κ2) is 9.28. The standard InChI is InChI=1S/C23H21F6NO4/c1-14(31)34-19(15-7-3-2-4-8-15)20(32)30-12-6-5-9-16-13-17(10-11-18(16)30)21(33,22(24,25)26)23(27,28)29/h2-4,7-8,10-11,13,19,33H,5-6,9,12H2,1H3/t19-/m0/s1. The molecule has 0 saturated carbocycles. The largest absolute Gasteiger partial charge is 0.447 e. The Morgan fingerprint density at radius 3 is 2.15 bits per heavy atom. The molecule has 2 aromatic rings. The fraction of sp³-hybridized carbons (Fsp3) is 0.391. The predicted octanol–water partition coefficient (Wildman–Crippen LogP) is 4.97. The number of aliphatic hydroxyl groups is 1. The topological polar surface area (TPSA) is 66.8 Å². The van der Waals surface area contributed by atoms with Gasteiger partial charge in [0.15, 0.2) is 0 Å². The minimum Gasteiger partial charge on any atom is -0.447 e. The molecule has 5 nitrogen and oxygen atoms in total. The van der Waals surface area contributed by atoms with Gasteiger partial charge in [-0.05, 0) is 30.9 Å². The number of halogens is 6. The third-order valence-electron chi connectivity index (χ3n) is 5.56. The molecular weight excluding hydrogens is 468 g/mol. The van der Waals surface area contributed by atoms with E-state index in [1.54, 1.807) is 30.3 Å². The Kier molecular flexibility index (Phi) is 6.97. The zero-order chi connectivity index (χ0) is 25.3. The number of aryl methyl sites for hydroxylation is 1. The van der Waals surface area contributed by atoms with Gasteiger partial charge in [-0.15, -0.1) is 0 Å². The molecule has 1 amide bonds. The maximum absolute atomic E-state index is 13.4. The van der Waals surface area contributed by atoms with E-state index in [4.69, 9.17) is 4.74 Å². The fourth-order valence-corrected chi connectivity index (χ4v) is 3.89. The molecule has 0 aliphatic carbocycles. The molecule has 11 heteroatoms. The summed E-state index contributed by atoms with van der Waals surface area (Å²) in [6, 6.07) is 10.1. The van der Waals surface area contributed by atoms with Crippen LogP contribution < -0.4 is 4.90 Å². The van der Waals surface area contributed by atoms with E-state index in [0.717, 1.165) is 13.0 Å². The number of nitrogens with zero attached hydrogens (tertiary/aromatic N) is 1. The van der Waals surface area contributed by atoms with Crippen molar-refractivity contribution in [3.8, 4) is 0 Å². The molecule has 0 spiro atoms. The van der Waals surface area contributed by atoms with Gasteiger partial charge in [0.25, 0.3) is 11.5 Å². The van der Waals surface area contributed by atoms with E-state index in [-0.39, 0.29) is 24.2 Å². The number of carbonyl (C=O) groups excluding carboxylic acids is 2. The molecule has 0 aromatic heterocycles. The number of ether oxygens (including phenoxy) is 1. The molecule has 0 bridgehead atoms. The van der Waals surface area contributed by atoms with Crippen molar-refractivity contribution in [2.75, 3.05) is 11.4 Å². The summed E-state index contributed by atoms with van der Waals surface area (Å²) in [6.07, 6.45) is -12.5. The van der Waals surface area contributed by atoms with E-state index in [9.17, 15) is 41.0 Å². The van der Waals surface area contributed by atoms with Gasteiger partial charge < -0.3 is 14.7 Å². The number of fused-ring (bicyclic) bond motifs is 1. The second-order valence-corrected chi connectivity index (χ2v) is 7.90. The van der Waals surface area contributed by atoms with Crippen molar-refractivity contribution < 1.29 is 45.8 Å². The summed E-state index contributed by atoms with van der Waals surface area (Å²) in [6.45, 7) is 1.22. The molecule has 0 fully saturated rings. The molecule has 184 valence electrons. The summed E-state index contributed by atoms with van der Waals surface area (Å²) < 4.78 is 85.2. The highest BCUT2D eigenvalue weighted by Gasteiger charge is 2.71. The van der Waals surface area contributed by atoms with Crippen molar-refractivity contribution in [1.82, 2.24) is 0 Å². The van der Waals surface area contributed by atoms with E-state index in [1.165, 1.54) is 4.90 Å². The Hall–Kier alpha value is -3.08. The van der Waals surface area contributed by atoms with Crippen LogP contribution in [-0.4, -0.2) is 35.9 Å². The van der Waals surface area contributed by atoms with Crippen molar-refractivity contribution in [2.24, 2.45) is 0 Å². The fourth-order valence-electron chi connectivity index (χ4n) is 3.89. The van der Waals surface area contributed by atoms with Gasteiger partial charge in [-0.25, -0.2) is 0 Å². The minimum absolute atomic E-state index is 0.0323. The van der Waals surface area contributed by atoms with Gasteiger partial charge in [0.2, 0.25) is 6.10 Å². The van der Waals surface area contributed by atoms with Crippen LogP contribution in [-0.2, 0) is 26.3 Å². The van der Waals surface area contributed by atoms with Gasteiger partial charge in [0.1, 0.15) is 0 Å². The summed E-state index contributed by atoms with van der Waals surface area (Å²) in [5.41, 5.74) is -5.98. The zero-order valence-electron chi connectivity index (χ0n) is 17.9. The van der Waals surface area contributed by atoms with Gasteiger partial charge in [-0.3, -0.25) is 9.59 Å². The van der Waals surface area contributed by atoms with Crippen LogP contribution in [0.3, 0.4) is 0 Å². The lowest BCUT2D eigenvalue weighted by Gasteiger charge is -2.34. The molecule has 34 heavy (non-hydrogen) atoms. The van der Waals surface area contributed by atoms with Crippen molar-refractivity contribution in [1.29, 1.82) is 0 Å². The van der Waals surface area contributed by atoms with E-state index >= 15 is 0 Å². The van der Waals surface area contributed by atoms with Gasteiger partial charge in [0.05, 0.1) is 0 Å². The van der Waals surface area contributed by atoms with E-state index in [1.807, 2.05) is 0 Å². The molecule has 1 aliphatic heterocycles. The first-order valence-electron chi connectivity index (χ1n) is 10.3. The Bertz CT molecular complexity index is 1040. The summed E-state index contributed by atoms with van der Waals surface area (Å²) in [4.78, 5) is 26.2. The molecule has 0 radical (unpaired) electrons. The van der Waals surface area contributed by atoms with Crippen molar-refractivity contribution >= 4 is 17.6 Å². The molecule has 0 saturated heterocycles. The summed E-state index contributed by atoms with van der Waals surface area (Å²) in [5.74, 6) is -1.44. The quantitative estimate of drug-likeness (QED) is 0.487. The van der Waals surface area contributed by atoms with Crippen LogP contribution in [0.5, 0.6) is 0 Å². The average molecular weight is 489 g/mol. The average Bonchev–Trinajstić information content (AvgIpc) is 2.97. The maximum atomic E-state index is 13.4. The normalized spacial score (nSPS) is 15.8. The van der Waals surface area contributed by atoms with Crippen LogP contribution in [0, 0.1) is 0 Å². The third-order valence-corrected chi connectivity index (χ3v) is 5.56. The number of alkyl halides is 6. The van der Waals surface area contributed by atoms with Gasteiger partial charge in [-0.1, -0.05) is 42.5 Å². The van der Waals surface area contributed by atoms with Crippen LogP contribution in [0.1, 0.15) is 42.6 Å². The van der Waals surface area contributed by atoms with Crippen molar-refractivity contribution in [2.45, 2.75) is 50.2 Å². The monoisotopic (exact) mass is 489 g/mol. The summed E-state index contributed by atoms with van der Waals surface area (Å²) in [7, 11) is 0.